The molecule has 2 nitrogen and oxygen atoms in total. The number of hydrogen-bond donors (Lipinski definition) is 1. The summed E-state index contributed by atoms with van der Waals surface area (Å²) >= 11 is 3.59. The summed E-state index contributed by atoms with van der Waals surface area (Å²) in [5, 5.41) is 3.64. The van der Waals surface area contributed by atoms with E-state index in [1.54, 1.807) is 0 Å². The van der Waals surface area contributed by atoms with Crippen molar-refractivity contribution >= 4 is 21.6 Å². The third-order valence-corrected chi connectivity index (χ3v) is 4.27. The van der Waals surface area contributed by atoms with E-state index in [0.29, 0.717) is 6.04 Å². The van der Waals surface area contributed by atoms with Crippen LogP contribution in [0.25, 0.3) is 0 Å². The minimum Gasteiger partial charge on any atom is -0.365 e. The number of anilines is 1. The van der Waals surface area contributed by atoms with Crippen molar-refractivity contribution in [3.05, 3.63) is 28.2 Å². The Labute approximate surface area is 119 Å². The first kappa shape index (κ1) is 13.9. The second-order valence-corrected chi connectivity index (χ2v) is 6.80. The zero-order valence-electron chi connectivity index (χ0n) is 11.8. The SMILES string of the molecule is CCC1CNC(C)(C)CN1c1cc(Br)ccc1C. The van der Waals surface area contributed by atoms with Gasteiger partial charge in [0.15, 0.2) is 0 Å². The molecule has 1 aromatic carbocycles. The molecule has 1 fully saturated rings. The fraction of sp³-hybridized carbons (Fsp3) is 0.600. The summed E-state index contributed by atoms with van der Waals surface area (Å²) < 4.78 is 1.16. The smallest absolute Gasteiger partial charge is 0.0413 e. The van der Waals surface area contributed by atoms with Crippen LogP contribution in [0.15, 0.2) is 22.7 Å². The van der Waals surface area contributed by atoms with Gasteiger partial charge in [-0.2, -0.15) is 0 Å². The number of rotatable bonds is 2. The summed E-state index contributed by atoms with van der Waals surface area (Å²) in [4.78, 5) is 2.57. The van der Waals surface area contributed by atoms with Crippen LogP contribution in [0.2, 0.25) is 0 Å². The molecule has 2 rings (SSSR count). The van der Waals surface area contributed by atoms with Gasteiger partial charge in [0.25, 0.3) is 0 Å². The summed E-state index contributed by atoms with van der Waals surface area (Å²) in [6.07, 6.45) is 1.18. The lowest BCUT2D eigenvalue weighted by Gasteiger charge is -2.46. The monoisotopic (exact) mass is 310 g/mol. The molecule has 0 aromatic heterocycles. The highest BCUT2D eigenvalue weighted by Crippen LogP contribution is 2.30. The summed E-state index contributed by atoms with van der Waals surface area (Å²) in [5.74, 6) is 0. The predicted octanol–water partition coefficient (Wildman–Crippen LogP) is 3.72. The maximum atomic E-state index is 3.64. The van der Waals surface area contributed by atoms with Crippen molar-refractivity contribution in [3.63, 3.8) is 0 Å². The number of piperazine rings is 1. The fourth-order valence-corrected chi connectivity index (χ4v) is 3.00. The first-order valence-electron chi connectivity index (χ1n) is 6.71. The van der Waals surface area contributed by atoms with E-state index < -0.39 is 0 Å². The standard InChI is InChI=1S/C15H23BrN2/c1-5-13-9-17-15(3,4)10-18(13)14-8-12(16)7-6-11(14)2/h6-8,13,17H,5,9-10H2,1-4H3. The molecular formula is C15H23BrN2. The van der Waals surface area contributed by atoms with Crippen molar-refractivity contribution in [2.24, 2.45) is 0 Å². The second-order valence-electron chi connectivity index (χ2n) is 5.89. The Kier molecular flexibility index (Phi) is 4.02. The second kappa shape index (κ2) is 5.22. The highest BCUT2D eigenvalue weighted by atomic mass is 79.9. The van der Waals surface area contributed by atoms with Crippen LogP contribution in [0.5, 0.6) is 0 Å². The van der Waals surface area contributed by atoms with E-state index in [0.717, 1.165) is 17.6 Å². The third-order valence-electron chi connectivity index (χ3n) is 3.77. The molecule has 0 bridgehead atoms. The molecule has 1 aliphatic heterocycles. The minimum atomic E-state index is 0.181. The van der Waals surface area contributed by atoms with Gasteiger partial charge in [-0.15, -0.1) is 0 Å². The minimum absolute atomic E-state index is 0.181. The Balaban J connectivity index is 2.35. The first-order chi connectivity index (χ1) is 8.43. The van der Waals surface area contributed by atoms with Gasteiger partial charge in [-0.3, -0.25) is 0 Å². The number of aryl methyl sites for hydroxylation is 1. The zero-order valence-corrected chi connectivity index (χ0v) is 13.3. The van der Waals surface area contributed by atoms with Gasteiger partial charge < -0.3 is 10.2 Å². The van der Waals surface area contributed by atoms with Crippen LogP contribution in [-0.4, -0.2) is 24.7 Å². The van der Waals surface area contributed by atoms with Crippen molar-refractivity contribution in [1.82, 2.24) is 5.32 Å². The van der Waals surface area contributed by atoms with Gasteiger partial charge in [0.05, 0.1) is 0 Å². The average molecular weight is 311 g/mol. The molecule has 1 atom stereocenters. The number of halogens is 1. The Morgan fingerprint density at radius 3 is 2.83 bits per heavy atom. The predicted molar refractivity (Wildman–Crippen MR) is 82.4 cm³/mol. The Hall–Kier alpha value is -0.540. The van der Waals surface area contributed by atoms with Crippen molar-refractivity contribution in [2.45, 2.75) is 45.7 Å². The lowest BCUT2D eigenvalue weighted by atomic mass is 9.96. The van der Waals surface area contributed by atoms with Gasteiger partial charge in [-0.25, -0.2) is 0 Å². The van der Waals surface area contributed by atoms with Crippen LogP contribution in [0.3, 0.4) is 0 Å². The molecule has 0 aliphatic carbocycles. The number of hydrogen-bond acceptors (Lipinski definition) is 2. The average Bonchev–Trinajstić information content (AvgIpc) is 2.31. The molecule has 100 valence electrons. The van der Waals surface area contributed by atoms with Crippen molar-refractivity contribution < 1.29 is 0 Å². The third kappa shape index (κ3) is 2.89. The molecule has 1 N–H and O–H groups in total. The van der Waals surface area contributed by atoms with E-state index in [2.05, 4.69) is 72.0 Å². The van der Waals surface area contributed by atoms with Crippen molar-refractivity contribution in [1.29, 1.82) is 0 Å². The van der Waals surface area contributed by atoms with E-state index in [9.17, 15) is 0 Å². The van der Waals surface area contributed by atoms with Crippen LogP contribution < -0.4 is 10.2 Å². The molecule has 0 amide bonds. The van der Waals surface area contributed by atoms with E-state index in [1.807, 2.05) is 0 Å². The van der Waals surface area contributed by atoms with Crippen LogP contribution in [0, 0.1) is 6.92 Å². The lowest BCUT2D eigenvalue weighted by Crippen LogP contribution is -2.61. The number of nitrogens with zero attached hydrogens (tertiary/aromatic N) is 1. The molecular weight excluding hydrogens is 288 g/mol. The van der Waals surface area contributed by atoms with E-state index in [1.165, 1.54) is 17.7 Å². The van der Waals surface area contributed by atoms with Gasteiger partial charge in [0, 0.05) is 34.8 Å². The molecule has 1 saturated heterocycles. The van der Waals surface area contributed by atoms with Gasteiger partial charge in [-0.1, -0.05) is 28.9 Å². The lowest BCUT2D eigenvalue weighted by molar-refractivity contribution is 0.306. The molecule has 1 unspecified atom stereocenters. The van der Waals surface area contributed by atoms with Crippen LogP contribution in [-0.2, 0) is 0 Å². The maximum Gasteiger partial charge on any atom is 0.0413 e. The van der Waals surface area contributed by atoms with Crippen molar-refractivity contribution in [3.8, 4) is 0 Å². The van der Waals surface area contributed by atoms with Gasteiger partial charge >= 0.3 is 0 Å². The van der Waals surface area contributed by atoms with Crippen LogP contribution >= 0.6 is 15.9 Å². The molecule has 0 spiro atoms. The highest BCUT2D eigenvalue weighted by Gasteiger charge is 2.32. The molecule has 18 heavy (non-hydrogen) atoms. The van der Waals surface area contributed by atoms with E-state index in [4.69, 9.17) is 0 Å². The Morgan fingerprint density at radius 1 is 1.44 bits per heavy atom. The summed E-state index contributed by atoms with van der Waals surface area (Å²) in [5.41, 5.74) is 2.90. The molecule has 1 heterocycles. The summed E-state index contributed by atoms with van der Waals surface area (Å²) in [6, 6.07) is 7.15. The number of nitrogens with one attached hydrogen (secondary N) is 1. The molecule has 0 radical (unpaired) electrons. The molecule has 1 aliphatic rings. The fourth-order valence-electron chi connectivity index (χ4n) is 2.65. The van der Waals surface area contributed by atoms with Gasteiger partial charge in [-0.05, 0) is 44.9 Å². The normalized spacial score (nSPS) is 23.2. The maximum absolute atomic E-state index is 3.64. The van der Waals surface area contributed by atoms with Crippen molar-refractivity contribution in [2.75, 3.05) is 18.0 Å². The first-order valence-corrected chi connectivity index (χ1v) is 7.50. The Bertz CT molecular complexity index is 429. The quantitative estimate of drug-likeness (QED) is 0.895. The van der Waals surface area contributed by atoms with Crippen LogP contribution in [0.4, 0.5) is 5.69 Å². The zero-order chi connectivity index (χ0) is 13.3. The summed E-state index contributed by atoms with van der Waals surface area (Å²) in [6.45, 7) is 11.1. The summed E-state index contributed by atoms with van der Waals surface area (Å²) in [7, 11) is 0. The largest absolute Gasteiger partial charge is 0.365 e. The highest BCUT2D eigenvalue weighted by molar-refractivity contribution is 9.10. The molecule has 1 aromatic rings. The topological polar surface area (TPSA) is 15.3 Å². The van der Waals surface area contributed by atoms with Crippen LogP contribution in [0.1, 0.15) is 32.8 Å². The van der Waals surface area contributed by atoms with Gasteiger partial charge in [0.2, 0.25) is 0 Å². The molecule has 3 heteroatoms. The van der Waals surface area contributed by atoms with Gasteiger partial charge in [0.1, 0.15) is 0 Å². The molecule has 0 saturated carbocycles. The Morgan fingerprint density at radius 2 is 2.17 bits per heavy atom. The van der Waals surface area contributed by atoms with E-state index >= 15 is 0 Å². The number of benzene rings is 1. The van der Waals surface area contributed by atoms with E-state index in [-0.39, 0.29) is 5.54 Å².